The van der Waals surface area contributed by atoms with Crippen LogP contribution in [0.4, 0.5) is 0 Å². The summed E-state index contributed by atoms with van der Waals surface area (Å²) < 4.78 is 4.99. The van der Waals surface area contributed by atoms with Gasteiger partial charge in [0.25, 0.3) is 0 Å². The van der Waals surface area contributed by atoms with E-state index in [2.05, 4.69) is 15.1 Å². The second kappa shape index (κ2) is 14.1. The number of hydrogen-bond acceptors (Lipinski definition) is 4. The average Bonchev–Trinajstić information content (AvgIpc) is 2.80. The first-order valence-corrected chi connectivity index (χ1v) is 8.99. The SMILES string of the molecule is COCCNCC(=O)N1CCCC(CN2CCCCCC2)C1.Cl.Cl. The van der Waals surface area contributed by atoms with Crippen LogP contribution in [0.1, 0.15) is 38.5 Å². The van der Waals surface area contributed by atoms with Crippen molar-refractivity contribution in [1.82, 2.24) is 15.1 Å². The van der Waals surface area contributed by atoms with E-state index in [-0.39, 0.29) is 30.7 Å². The van der Waals surface area contributed by atoms with E-state index in [0.717, 1.165) is 26.1 Å². The van der Waals surface area contributed by atoms with Crippen molar-refractivity contribution in [1.29, 1.82) is 0 Å². The Bertz CT molecular complexity index is 327. The number of likely N-dealkylation sites (tertiary alicyclic amines) is 2. The highest BCUT2D eigenvalue weighted by molar-refractivity contribution is 5.85. The van der Waals surface area contributed by atoms with Crippen LogP contribution in [-0.2, 0) is 9.53 Å². The topological polar surface area (TPSA) is 44.8 Å². The number of carbonyl (C=O) groups excluding carboxylic acids is 1. The molecule has 0 saturated carbocycles. The maximum Gasteiger partial charge on any atom is 0.236 e. The summed E-state index contributed by atoms with van der Waals surface area (Å²) in [5, 5.41) is 3.16. The summed E-state index contributed by atoms with van der Waals surface area (Å²) in [5.41, 5.74) is 0. The molecule has 7 heteroatoms. The molecular weight excluding hydrogens is 349 g/mol. The van der Waals surface area contributed by atoms with Gasteiger partial charge in [0.15, 0.2) is 0 Å². The van der Waals surface area contributed by atoms with Crippen LogP contribution in [0.3, 0.4) is 0 Å². The number of methoxy groups -OCH3 is 1. The third-order valence-electron chi connectivity index (χ3n) is 4.85. The highest BCUT2D eigenvalue weighted by Gasteiger charge is 2.25. The molecule has 1 atom stereocenters. The highest BCUT2D eigenvalue weighted by atomic mass is 35.5. The molecule has 24 heavy (non-hydrogen) atoms. The Morgan fingerprint density at radius 2 is 1.79 bits per heavy atom. The molecule has 2 saturated heterocycles. The second-order valence-electron chi connectivity index (χ2n) is 6.73. The molecule has 144 valence electrons. The third kappa shape index (κ3) is 8.86. The minimum atomic E-state index is 0. The van der Waals surface area contributed by atoms with Crippen LogP contribution in [0.5, 0.6) is 0 Å². The van der Waals surface area contributed by atoms with E-state index in [0.29, 0.717) is 19.1 Å². The lowest BCUT2D eigenvalue weighted by Gasteiger charge is -2.35. The molecule has 2 heterocycles. The number of ether oxygens (including phenoxy) is 1. The standard InChI is InChI=1S/C17H33N3O2.2ClH/c1-22-12-8-18-13-17(21)20-11-6-7-16(15-20)14-19-9-4-2-3-5-10-19;;/h16,18H,2-15H2,1H3;2*1H. The summed E-state index contributed by atoms with van der Waals surface area (Å²) in [6.45, 7) is 7.41. The first-order valence-electron chi connectivity index (χ1n) is 8.99. The monoisotopic (exact) mass is 383 g/mol. The van der Waals surface area contributed by atoms with E-state index >= 15 is 0 Å². The van der Waals surface area contributed by atoms with Crippen molar-refractivity contribution in [3.8, 4) is 0 Å². The molecule has 0 aromatic carbocycles. The van der Waals surface area contributed by atoms with Crippen LogP contribution < -0.4 is 5.32 Å². The summed E-state index contributed by atoms with van der Waals surface area (Å²) in [6.07, 6.45) is 7.90. The second-order valence-corrected chi connectivity index (χ2v) is 6.73. The number of amides is 1. The minimum Gasteiger partial charge on any atom is -0.383 e. The van der Waals surface area contributed by atoms with E-state index < -0.39 is 0 Å². The Hall–Kier alpha value is -0.0700. The van der Waals surface area contributed by atoms with Crippen molar-refractivity contribution in [2.24, 2.45) is 5.92 Å². The van der Waals surface area contributed by atoms with Gasteiger partial charge in [0.1, 0.15) is 0 Å². The number of carbonyl (C=O) groups is 1. The van der Waals surface area contributed by atoms with Crippen LogP contribution in [0.25, 0.3) is 0 Å². The first-order chi connectivity index (χ1) is 10.8. The fourth-order valence-corrected chi connectivity index (χ4v) is 3.61. The molecule has 1 N–H and O–H groups in total. The van der Waals surface area contributed by atoms with E-state index in [4.69, 9.17) is 4.74 Å². The summed E-state index contributed by atoms with van der Waals surface area (Å²) >= 11 is 0. The van der Waals surface area contributed by atoms with Crippen molar-refractivity contribution < 1.29 is 9.53 Å². The molecule has 2 aliphatic heterocycles. The Morgan fingerprint density at radius 1 is 1.08 bits per heavy atom. The molecule has 1 amide bonds. The quantitative estimate of drug-likeness (QED) is 0.684. The summed E-state index contributed by atoms with van der Waals surface area (Å²) in [6, 6.07) is 0. The van der Waals surface area contributed by atoms with E-state index in [9.17, 15) is 4.79 Å². The van der Waals surface area contributed by atoms with Crippen molar-refractivity contribution >= 4 is 30.7 Å². The Kier molecular flexibility index (Phi) is 14.1. The minimum absolute atomic E-state index is 0. The normalized spacial score (nSPS) is 22.2. The molecule has 0 bridgehead atoms. The highest BCUT2D eigenvalue weighted by Crippen LogP contribution is 2.19. The van der Waals surface area contributed by atoms with Gasteiger partial charge in [-0.25, -0.2) is 0 Å². The predicted octanol–water partition coefficient (Wildman–Crippen LogP) is 2.18. The van der Waals surface area contributed by atoms with Gasteiger partial charge in [-0.15, -0.1) is 24.8 Å². The first kappa shape index (κ1) is 23.9. The largest absolute Gasteiger partial charge is 0.383 e. The van der Waals surface area contributed by atoms with Crippen molar-refractivity contribution in [3.05, 3.63) is 0 Å². The smallest absolute Gasteiger partial charge is 0.236 e. The lowest BCUT2D eigenvalue weighted by Crippen LogP contribution is -2.46. The number of hydrogen-bond donors (Lipinski definition) is 1. The fourth-order valence-electron chi connectivity index (χ4n) is 3.61. The predicted molar refractivity (Wildman–Crippen MR) is 103 cm³/mol. The maximum atomic E-state index is 12.3. The van der Waals surface area contributed by atoms with Crippen LogP contribution in [0.2, 0.25) is 0 Å². The van der Waals surface area contributed by atoms with Gasteiger partial charge in [0.2, 0.25) is 5.91 Å². The van der Waals surface area contributed by atoms with Gasteiger partial charge in [0, 0.05) is 33.3 Å². The van der Waals surface area contributed by atoms with Crippen LogP contribution in [0.15, 0.2) is 0 Å². The molecule has 5 nitrogen and oxygen atoms in total. The van der Waals surface area contributed by atoms with E-state index in [1.807, 2.05) is 0 Å². The van der Waals surface area contributed by atoms with Crippen LogP contribution >= 0.6 is 24.8 Å². The number of nitrogens with zero attached hydrogens (tertiary/aromatic N) is 2. The fraction of sp³-hybridized carbons (Fsp3) is 0.941. The molecule has 0 radical (unpaired) electrons. The molecule has 0 aromatic heterocycles. The van der Waals surface area contributed by atoms with E-state index in [1.54, 1.807) is 7.11 Å². The number of halogens is 2. The molecule has 2 fully saturated rings. The van der Waals surface area contributed by atoms with Gasteiger partial charge in [-0.3, -0.25) is 4.79 Å². The zero-order chi connectivity index (χ0) is 15.6. The number of nitrogens with one attached hydrogen (secondary N) is 1. The molecule has 0 aromatic rings. The van der Waals surface area contributed by atoms with Crippen LogP contribution in [0, 0.1) is 5.92 Å². The van der Waals surface area contributed by atoms with Gasteiger partial charge in [-0.05, 0) is 44.7 Å². The lowest BCUT2D eigenvalue weighted by atomic mass is 9.97. The average molecular weight is 384 g/mol. The summed E-state index contributed by atoms with van der Waals surface area (Å²) in [4.78, 5) is 17.0. The van der Waals surface area contributed by atoms with E-state index in [1.165, 1.54) is 51.7 Å². The van der Waals surface area contributed by atoms with Gasteiger partial charge in [0.05, 0.1) is 13.2 Å². The molecule has 1 unspecified atom stereocenters. The zero-order valence-electron chi connectivity index (χ0n) is 15.0. The Labute approximate surface area is 159 Å². The van der Waals surface area contributed by atoms with Crippen molar-refractivity contribution in [3.63, 3.8) is 0 Å². The molecule has 0 aliphatic carbocycles. The van der Waals surface area contributed by atoms with Gasteiger partial charge in [-0.2, -0.15) is 0 Å². The lowest BCUT2D eigenvalue weighted by molar-refractivity contribution is -0.132. The number of piperidine rings is 1. The maximum absolute atomic E-state index is 12.3. The summed E-state index contributed by atoms with van der Waals surface area (Å²) in [7, 11) is 1.68. The van der Waals surface area contributed by atoms with Crippen LogP contribution in [-0.4, -0.2) is 75.2 Å². The van der Waals surface area contributed by atoms with Gasteiger partial charge < -0.3 is 19.9 Å². The Morgan fingerprint density at radius 3 is 2.46 bits per heavy atom. The molecule has 0 spiro atoms. The molecular formula is C17H35Cl2N3O2. The third-order valence-corrected chi connectivity index (χ3v) is 4.85. The molecule has 2 rings (SSSR count). The number of rotatable bonds is 7. The van der Waals surface area contributed by atoms with Gasteiger partial charge >= 0.3 is 0 Å². The van der Waals surface area contributed by atoms with Gasteiger partial charge in [-0.1, -0.05) is 12.8 Å². The zero-order valence-corrected chi connectivity index (χ0v) is 16.6. The van der Waals surface area contributed by atoms with Crippen molar-refractivity contribution in [2.75, 3.05) is 59.5 Å². The Balaban J connectivity index is 0.00000264. The molecule has 2 aliphatic rings. The van der Waals surface area contributed by atoms with Crippen molar-refractivity contribution in [2.45, 2.75) is 38.5 Å². The summed E-state index contributed by atoms with van der Waals surface area (Å²) in [5.74, 6) is 0.909.